The number of hydrogen-bond acceptors (Lipinski definition) is 1. The molecule has 1 aromatic heterocycles. The van der Waals surface area contributed by atoms with Crippen molar-refractivity contribution >= 4 is 22.5 Å². The smallest absolute Gasteiger partial charge is 0.0659 e. The number of aryl methyl sites for hydroxylation is 1. The van der Waals surface area contributed by atoms with Gasteiger partial charge in [0.05, 0.1) is 5.02 Å². The van der Waals surface area contributed by atoms with Crippen LogP contribution in [-0.4, -0.2) is 11.5 Å². The number of rotatable bonds is 3. The van der Waals surface area contributed by atoms with E-state index in [1.54, 1.807) is 0 Å². The Morgan fingerprint density at radius 1 is 1.36 bits per heavy atom. The van der Waals surface area contributed by atoms with E-state index in [2.05, 4.69) is 23.2 Å². The number of fused-ring (bicyclic) bond motifs is 1. The van der Waals surface area contributed by atoms with E-state index in [-0.39, 0.29) is 0 Å². The molecule has 0 spiro atoms. The molecule has 0 unspecified atom stereocenters. The highest BCUT2D eigenvalue weighted by Gasteiger charge is 2.01. The van der Waals surface area contributed by atoms with Crippen LogP contribution < -0.4 is 5.73 Å². The molecule has 0 aliphatic heterocycles. The molecule has 1 heterocycles. The summed E-state index contributed by atoms with van der Waals surface area (Å²) < 4.78 is 0. The lowest BCUT2D eigenvalue weighted by Crippen LogP contribution is -2.00. The van der Waals surface area contributed by atoms with E-state index in [4.69, 9.17) is 17.3 Å². The van der Waals surface area contributed by atoms with Gasteiger partial charge >= 0.3 is 0 Å². The van der Waals surface area contributed by atoms with Gasteiger partial charge in [0, 0.05) is 17.1 Å². The number of halogens is 1. The van der Waals surface area contributed by atoms with Gasteiger partial charge in [-0.05, 0) is 31.0 Å². The van der Waals surface area contributed by atoms with Crippen LogP contribution in [0.4, 0.5) is 0 Å². The molecule has 0 bridgehead atoms. The molecule has 0 aliphatic rings. The fraction of sp³-hybridized carbons (Fsp3) is 0.273. The van der Waals surface area contributed by atoms with E-state index in [1.807, 2.05) is 6.20 Å². The lowest BCUT2D eigenvalue weighted by molar-refractivity contribution is 0.833. The summed E-state index contributed by atoms with van der Waals surface area (Å²) in [7, 11) is 0. The second-order valence-corrected chi connectivity index (χ2v) is 3.82. The van der Waals surface area contributed by atoms with Gasteiger partial charge in [0.25, 0.3) is 0 Å². The normalized spacial score (nSPS) is 11.0. The number of H-pyrrole nitrogens is 1. The van der Waals surface area contributed by atoms with Gasteiger partial charge in [0.1, 0.15) is 0 Å². The summed E-state index contributed by atoms with van der Waals surface area (Å²) in [4.78, 5) is 3.14. The molecule has 0 fully saturated rings. The van der Waals surface area contributed by atoms with Crippen molar-refractivity contribution in [1.82, 2.24) is 4.98 Å². The summed E-state index contributed by atoms with van der Waals surface area (Å²) in [6.07, 6.45) is 3.88. The maximum atomic E-state index is 5.98. The Balaban J connectivity index is 2.32. The minimum Gasteiger partial charge on any atom is -0.360 e. The topological polar surface area (TPSA) is 41.8 Å². The summed E-state index contributed by atoms with van der Waals surface area (Å²) in [5.41, 5.74) is 7.87. The Morgan fingerprint density at radius 3 is 3.00 bits per heavy atom. The highest BCUT2D eigenvalue weighted by Crippen LogP contribution is 2.23. The lowest BCUT2D eigenvalue weighted by atomic mass is 10.1. The number of benzene rings is 1. The molecule has 0 saturated heterocycles. The van der Waals surface area contributed by atoms with Crippen molar-refractivity contribution in [3.8, 4) is 0 Å². The molecule has 0 aliphatic carbocycles. The summed E-state index contributed by atoms with van der Waals surface area (Å²) in [5.74, 6) is 0. The first-order valence-electron chi connectivity index (χ1n) is 4.77. The highest BCUT2D eigenvalue weighted by molar-refractivity contribution is 6.35. The van der Waals surface area contributed by atoms with Gasteiger partial charge in [-0.1, -0.05) is 23.7 Å². The van der Waals surface area contributed by atoms with Crippen LogP contribution >= 0.6 is 11.6 Å². The molecule has 3 heteroatoms. The minimum absolute atomic E-state index is 0.740. The van der Waals surface area contributed by atoms with E-state index in [9.17, 15) is 0 Å². The van der Waals surface area contributed by atoms with Gasteiger partial charge in [0.2, 0.25) is 0 Å². The lowest BCUT2D eigenvalue weighted by Gasteiger charge is -1.99. The predicted molar refractivity (Wildman–Crippen MR) is 60.7 cm³/mol. The molecule has 14 heavy (non-hydrogen) atoms. The van der Waals surface area contributed by atoms with Gasteiger partial charge in [0.15, 0.2) is 0 Å². The summed E-state index contributed by atoms with van der Waals surface area (Å²) in [6.45, 7) is 0.740. The monoisotopic (exact) mass is 208 g/mol. The maximum Gasteiger partial charge on any atom is 0.0659 e. The van der Waals surface area contributed by atoms with Crippen LogP contribution in [0.1, 0.15) is 12.0 Å². The highest BCUT2D eigenvalue weighted by atomic mass is 35.5. The number of nitrogens with one attached hydrogen (secondary N) is 1. The van der Waals surface area contributed by atoms with Crippen LogP contribution in [0.3, 0.4) is 0 Å². The Hall–Kier alpha value is -0.990. The van der Waals surface area contributed by atoms with Crippen LogP contribution in [0.5, 0.6) is 0 Å². The van der Waals surface area contributed by atoms with E-state index < -0.39 is 0 Å². The average Bonchev–Trinajstić information content (AvgIpc) is 2.57. The van der Waals surface area contributed by atoms with Crippen molar-refractivity contribution in [1.29, 1.82) is 0 Å². The molecule has 1 aromatic carbocycles. The molecule has 3 N–H and O–H groups in total. The second-order valence-electron chi connectivity index (χ2n) is 3.41. The van der Waals surface area contributed by atoms with Crippen molar-refractivity contribution < 1.29 is 0 Å². The first-order valence-corrected chi connectivity index (χ1v) is 5.14. The van der Waals surface area contributed by atoms with Crippen molar-refractivity contribution in [2.45, 2.75) is 12.8 Å². The zero-order chi connectivity index (χ0) is 9.97. The van der Waals surface area contributed by atoms with Gasteiger partial charge < -0.3 is 10.7 Å². The standard InChI is InChI=1S/C11H13ClN2/c12-10-7-14-11-6-8(2-1-5-13)3-4-9(10)11/h3-4,6-7,14H,1-2,5,13H2. The molecule has 2 rings (SSSR count). The van der Waals surface area contributed by atoms with Gasteiger partial charge in [-0.15, -0.1) is 0 Å². The van der Waals surface area contributed by atoms with Gasteiger partial charge in [-0.3, -0.25) is 0 Å². The van der Waals surface area contributed by atoms with Crippen LogP contribution in [-0.2, 0) is 6.42 Å². The predicted octanol–water partition coefficient (Wildman–Crippen LogP) is 2.71. The quantitative estimate of drug-likeness (QED) is 0.800. The first-order chi connectivity index (χ1) is 6.81. The molecule has 74 valence electrons. The fourth-order valence-corrected chi connectivity index (χ4v) is 1.82. The SMILES string of the molecule is NCCCc1ccc2c(Cl)c[nH]c2c1. The minimum atomic E-state index is 0.740. The van der Waals surface area contributed by atoms with E-state index in [0.29, 0.717) is 0 Å². The first kappa shape index (κ1) is 9.56. The number of aromatic nitrogens is 1. The van der Waals surface area contributed by atoms with Crippen LogP contribution in [0.25, 0.3) is 10.9 Å². The Labute approximate surface area is 88.1 Å². The van der Waals surface area contributed by atoms with Crippen LogP contribution in [0.2, 0.25) is 5.02 Å². The summed E-state index contributed by atoms with van der Waals surface area (Å²) >= 11 is 5.98. The Morgan fingerprint density at radius 2 is 2.21 bits per heavy atom. The van der Waals surface area contributed by atoms with Crippen molar-refractivity contribution in [2.75, 3.05) is 6.54 Å². The molecule has 0 amide bonds. The zero-order valence-electron chi connectivity index (χ0n) is 7.89. The summed E-state index contributed by atoms with van der Waals surface area (Å²) in [5, 5.41) is 1.87. The molecule has 0 saturated carbocycles. The van der Waals surface area contributed by atoms with E-state index >= 15 is 0 Å². The third-order valence-electron chi connectivity index (χ3n) is 2.37. The van der Waals surface area contributed by atoms with E-state index in [0.717, 1.165) is 35.3 Å². The van der Waals surface area contributed by atoms with Gasteiger partial charge in [-0.2, -0.15) is 0 Å². The average molecular weight is 209 g/mol. The molecule has 2 aromatic rings. The zero-order valence-corrected chi connectivity index (χ0v) is 8.64. The summed E-state index contributed by atoms with van der Waals surface area (Å²) in [6, 6.07) is 6.30. The Kier molecular flexibility index (Phi) is 2.75. The maximum absolute atomic E-state index is 5.98. The van der Waals surface area contributed by atoms with Gasteiger partial charge in [-0.25, -0.2) is 0 Å². The van der Waals surface area contributed by atoms with Crippen molar-refractivity contribution in [3.63, 3.8) is 0 Å². The van der Waals surface area contributed by atoms with Crippen LogP contribution in [0.15, 0.2) is 24.4 Å². The third-order valence-corrected chi connectivity index (χ3v) is 2.68. The molecular weight excluding hydrogens is 196 g/mol. The molecular formula is C11H13ClN2. The van der Waals surface area contributed by atoms with Crippen molar-refractivity contribution in [2.24, 2.45) is 5.73 Å². The Bertz CT molecular complexity index is 434. The fourth-order valence-electron chi connectivity index (χ4n) is 1.60. The number of hydrogen-bond donors (Lipinski definition) is 2. The molecule has 0 radical (unpaired) electrons. The van der Waals surface area contributed by atoms with Crippen LogP contribution in [0, 0.1) is 0 Å². The number of aromatic amines is 1. The number of nitrogens with two attached hydrogens (primary N) is 1. The molecule has 0 atom stereocenters. The third kappa shape index (κ3) is 1.76. The largest absolute Gasteiger partial charge is 0.360 e. The van der Waals surface area contributed by atoms with Crippen molar-refractivity contribution in [3.05, 3.63) is 35.0 Å². The molecule has 2 nitrogen and oxygen atoms in total. The van der Waals surface area contributed by atoms with E-state index in [1.165, 1.54) is 5.56 Å². The second kappa shape index (κ2) is 4.03.